The highest BCUT2D eigenvalue weighted by molar-refractivity contribution is 7.96. The smallest absolute Gasteiger partial charge is 0.347 e. The second-order valence-corrected chi connectivity index (χ2v) is 6.99. The molecule has 0 spiro atoms. The molecule has 0 heterocycles. The van der Waals surface area contributed by atoms with Gasteiger partial charge < -0.3 is 5.32 Å². The van der Waals surface area contributed by atoms with Gasteiger partial charge in [-0.3, -0.25) is 4.79 Å². The van der Waals surface area contributed by atoms with Crippen molar-refractivity contribution in [2.75, 3.05) is 0 Å². The summed E-state index contributed by atoms with van der Waals surface area (Å²) in [5, 5.41) is 9.71. The van der Waals surface area contributed by atoms with Gasteiger partial charge in [0.1, 0.15) is 12.0 Å². The molecule has 0 radical (unpaired) electrons. The Morgan fingerprint density at radius 3 is 2.20 bits per heavy atom. The van der Waals surface area contributed by atoms with Crippen LogP contribution in [0.1, 0.15) is 32.1 Å². The molecule has 20 heavy (non-hydrogen) atoms. The second-order valence-electron chi connectivity index (χ2n) is 6.17. The maximum absolute atomic E-state index is 13.5. The Morgan fingerprint density at radius 1 is 1.15 bits per heavy atom. The third-order valence-electron chi connectivity index (χ3n) is 4.96. The van der Waals surface area contributed by atoms with E-state index >= 15 is 0 Å². The molecule has 0 saturated heterocycles. The summed E-state index contributed by atoms with van der Waals surface area (Å²) in [5.74, 6) is 0.701. The minimum Gasteiger partial charge on any atom is -0.347 e. The van der Waals surface area contributed by atoms with E-state index in [4.69, 9.17) is 5.26 Å². The van der Waals surface area contributed by atoms with Crippen LogP contribution in [0.15, 0.2) is 0 Å². The van der Waals surface area contributed by atoms with Gasteiger partial charge in [-0.15, -0.1) is 4.33 Å². The van der Waals surface area contributed by atoms with Gasteiger partial charge in [0.15, 0.2) is 0 Å². The number of hydrogen-bond donors (Lipinski definition) is 2. The van der Waals surface area contributed by atoms with Crippen molar-refractivity contribution in [3.05, 3.63) is 0 Å². The maximum atomic E-state index is 13.5. The summed E-state index contributed by atoms with van der Waals surface area (Å²) in [6.45, 7) is 0. The molecular weight excluding hydrogens is 292 g/mol. The first-order valence-corrected chi connectivity index (χ1v) is 7.58. The van der Waals surface area contributed by atoms with Crippen LogP contribution >= 0.6 is 12.0 Å². The predicted molar refractivity (Wildman–Crippen MR) is 66.3 cm³/mol. The van der Waals surface area contributed by atoms with Crippen molar-refractivity contribution in [2.24, 2.45) is 23.7 Å². The Balaban J connectivity index is 1.61. The van der Waals surface area contributed by atoms with Gasteiger partial charge in [-0.05, 0) is 55.8 Å². The van der Waals surface area contributed by atoms with Crippen molar-refractivity contribution in [1.29, 1.82) is 0 Å². The van der Waals surface area contributed by atoms with Crippen LogP contribution in [-0.2, 0) is 14.2 Å². The molecule has 0 aromatic carbocycles. The van der Waals surface area contributed by atoms with Crippen LogP contribution in [-0.4, -0.2) is 22.5 Å². The zero-order valence-electron chi connectivity index (χ0n) is 10.8. The van der Waals surface area contributed by atoms with E-state index in [9.17, 15) is 13.6 Å². The SMILES string of the molecule is O=C(NC1C2CC3CC(C2)CC1C3)C(F)(F)SOOO. The molecule has 114 valence electrons. The molecule has 0 unspecified atom stereocenters. The molecule has 8 heteroatoms. The van der Waals surface area contributed by atoms with E-state index in [1.165, 1.54) is 6.42 Å². The molecule has 4 bridgehead atoms. The molecule has 1 amide bonds. The Kier molecular flexibility index (Phi) is 3.91. The van der Waals surface area contributed by atoms with Gasteiger partial charge in [0, 0.05) is 6.04 Å². The van der Waals surface area contributed by atoms with Gasteiger partial charge in [0.2, 0.25) is 0 Å². The number of carbonyl (C=O) groups excluding carboxylic acids is 1. The zero-order chi connectivity index (χ0) is 14.3. The van der Waals surface area contributed by atoms with Crippen LogP contribution in [0.3, 0.4) is 0 Å². The van der Waals surface area contributed by atoms with Crippen molar-refractivity contribution in [2.45, 2.75) is 43.4 Å². The number of carbonyl (C=O) groups is 1. The predicted octanol–water partition coefficient (Wildman–Crippen LogP) is 2.59. The lowest BCUT2D eigenvalue weighted by Gasteiger charge is -2.54. The second kappa shape index (κ2) is 5.40. The van der Waals surface area contributed by atoms with Gasteiger partial charge in [-0.1, -0.05) is 5.04 Å². The van der Waals surface area contributed by atoms with Crippen LogP contribution in [0.5, 0.6) is 0 Å². The minimum atomic E-state index is -3.78. The number of hydrogen-bond acceptors (Lipinski definition) is 5. The molecule has 0 aliphatic heterocycles. The molecule has 4 aliphatic carbocycles. The third kappa shape index (κ3) is 2.66. The summed E-state index contributed by atoms with van der Waals surface area (Å²) in [6, 6.07) is -0.156. The first-order chi connectivity index (χ1) is 9.49. The number of amides is 1. The molecule has 4 aliphatic rings. The maximum Gasteiger partial charge on any atom is 0.397 e. The fourth-order valence-corrected chi connectivity index (χ4v) is 4.74. The van der Waals surface area contributed by atoms with Crippen LogP contribution in [0, 0.1) is 23.7 Å². The molecule has 0 aromatic heterocycles. The molecule has 4 rings (SSSR count). The highest BCUT2D eigenvalue weighted by Gasteiger charge is 2.51. The van der Waals surface area contributed by atoms with Crippen LogP contribution in [0.25, 0.3) is 0 Å². The van der Waals surface area contributed by atoms with E-state index in [0.717, 1.165) is 25.7 Å². The van der Waals surface area contributed by atoms with E-state index in [0.29, 0.717) is 23.7 Å². The summed E-state index contributed by atoms with van der Waals surface area (Å²) >= 11 is -0.505. The number of halogens is 2. The van der Waals surface area contributed by atoms with Gasteiger partial charge in [-0.2, -0.15) is 8.78 Å². The van der Waals surface area contributed by atoms with Crippen molar-refractivity contribution in [3.63, 3.8) is 0 Å². The summed E-state index contributed by atoms with van der Waals surface area (Å²) in [6.07, 6.45) is 5.40. The van der Waals surface area contributed by atoms with Gasteiger partial charge in [-0.25, -0.2) is 5.26 Å². The lowest BCUT2D eigenvalue weighted by Crippen LogP contribution is -2.57. The van der Waals surface area contributed by atoms with Gasteiger partial charge >= 0.3 is 11.2 Å². The topological polar surface area (TPSA) is 67.8 Å². The lowest BCUT2D eigenvalue weighted by molar-refractivity contribution is -0.433. The molecular formula is C12H17F2NO4S. The summed E-state index contributed by atoms with van der Waals surface area (Å²) in [4.78, 5) is 11.7. The van der Waals surface area contributed by atoms with Gasteiger partial charge in [0.25, 0.3) is 0 Å². The molecule has 4 fully saturated rings. The Bertz CT molecular complexity index is 368. The quantitative estimate of drug-likeness (QED) is 0.464. The molecule has 2 N–H and O–H groups in total. The van der Waals surface area contributed by atoms with E-state index in [-0.39, 0.29) is 6.04 Å². The van der Waals surface area contributed by atoms with Gasteiger partial charge in [0.05, 0.1) is 0 Å². The zero-order valence-corrected chi connectivity index (χ0v) is 11.6. The largest absolute Gasteiger partial charge is 0.397 e. The number of alkyl halides is 2. The molecule has 4 saturated carbocycles. The van der Waals surface area contributed by atoms with E-state index in [1.54, 1.807) is 0 Å². The van der Waals surface area contributed by atoms with Crippen molar-refractivity contribution >= 4 is 17.9 Å². The van der Waals surface area contributed by atoms with Crippen molar-refractivity contribution in [1.82, 2.24) is 5.32 Å². The first kappa shape index (κ1) is 14.5. The van der Waals surface area contributed by atoms with Crippen LogP contribution < -0.4 is 5.32 Å². The fourth-order valence-electron chi connectivity index (χ4n) is 4.49. The monoisotopic (exact) mass is 309 g/mol. The average Bonchev–Trinajstić information content (AvgIpc) is 2.39. The van der Waals surface area contributed by atoms with Crippen LogP contribution in [0.4, 0.5) is 8.78 Å². The first-order valence-electron chi connectivity index (χ1n) is 6.84. The van der Waals surface area contributed by atoms with E-state index < -0.39 is 23.2 Å². The van der Waals surface area contributed by atoms with Crippen molar-refractivity contribution < 1.29 is 28.2 Å². The van der Waals surface area contributed by atoms with Crippen molar-refractivity contribution in [3.8, 4) is 0 Å². The highest BCUT2D eigenvalue weighted by atomic mass is 32.2. The fraction of sp³-hybridized carbons (Fsp3) is 0.917. The summed E-state index contributed by atoms with van der Waals surface area (Å²) in [7, 11) is 0. The normalized spacial score (nSPS) is 39.0. The Morgan fingerprint density at radius 2 is 1.70 bits per heavy atom. The standard InChI is InChI=1S/C12H17F2NO4S/c13-12(14,20-19-18-17)11(16)15-10-8-2-6-1-7(4-8)5-9(10)3-6/h6-10,17H,1-5H2,(H,15,16). The molecule has 0 aromatic rings. The highest BCUT2D eigenvalue weighted by Crippen LogP contribution is 2.53. The number of rotatable bonds is 5. The summed E-state index contributed by atoms with van der Waals surface area (Å²) in [5.41, 5.74) is 0. The molecule has 5 nitrogen and oxygen atoms in total. The Hall–Kier alpha value is -0.440. The van der Waals surface area contributed by atoms with E-state index in [2.05, 4.69) is 14.7 Å². The van der Waals surface area contributed by atoms with Crippen LogP contribution in [0.2, 0.25) is 0 Å². The third-order valence-corrected chi connectivity index (χ3v) is 5.48. The lowest BCUT2D eigenvalue weighted by atomic mass is 9.54. The molecule has 0 atom stereocenters. The summed E-state index contributed by atoms with van der Waals surface area (Å²) < 4.78 is 30.6. The van der Waals surface area contributed by atoms with E-state index in [1.807, 2.05) is 0 Å². The average molecular weight is 309 g/mol. The minimum absolute atomic E-state index is 0.156. The number of nitrogens with one attached hydrogen (secondary N) is 1. The Labute approximate surface area is 119 Å².